The van der Waals surface area contributed by atoms with Crippen molar-refractivity contribution in [2.24, 2.45) is 0 Å². The number of carbonyl (C=O) groups is 1. The number of pyridine rings is 1. The number of hydrogen-bond acceptors (Lipinski definition) is 6. The van der Waals surface area contributed by atoms with Crippen LogP contribution in [0.25, 0.3) is 5.82 Å². The van der Waals surface area contributed by atoms with Crippen molar-refractivity contribution < 1.29 is 13.2 Å². The molecule has 29 heavy (non-hydrogen) atoms. The van der Waals surface area contributed by atoms with Gasteiger partial charge in [0.25, 0.3) is 0 Å². The van der Waals surface area contributed by atoms with Crippen molar-refractivity contribution in [1.82, 2.24) is 19.4 Å². The number of amides is 1. The predicted molar refractivity (Wildman–Crippen MR) is 109 cm³/mol. The smallest absolute Gasteiger partial charge is 0.246 e. The van der Waals surface area contributed by atoms with Crippen molar-refractivity contribution in [3.8, 4) is 5.82 Å². The number of imidazole rings is 1. The zero-order valence-electron chi connectivity index (χ0n) is 15.7. The highest BCUT2D eigenvalue weighted by Gasteiger charge is 2.32. The van der Waals surface area contributed by atoms with Gasteiger partial charge in [0.05, 0.1) is 23.4 Å². The third-order valence-electron chi connectivity index (χ3n) is 4.89. The summed E-state index contributed by atoms with van der Waals surface area (Å²) < 4.78 is 25.4. The first-order valence-corrected chi connectivity index (χ1v) is 11.1. The van der Waals surface area contributed by atoms with Crippen LogP contribution in [0.4, 0.5) is 5.69 Å². The zero-order valence-corrected chi connectivity index (χ0v) is 16.5. The predicted octanol–water partition coefficient (Wildman–Crippen LogP) is 1.68. The Balaban J connectivity index is 1.54. The second kappa shape index (κ2) is 8.14. The summed E-state index contributed by atoms with van der Waals surface area (Å²) in [5, 5.41) is 2.91. The number of anilines is 1. The third kappa shape index (κ3) is 4.52. The number of rotatable bonds is 5. The normalized spacial score (nSPS) is 17.5. The van der Waals surface area contributed by atoms with E-state index in [9.17, 15) is 13.2 Å². The van der Waals surface area contributed by atoms with Gasteiger partial charge in [-0.25, -0.2) is 18.4 Å². The summed E-state index contributed by atoms with van der Waals surface area (Å²) in [4.78, 5) is 23.4. The Kier molecular flexibility index (Phi) is 5.41. The lowest BCUT2D eigenvalue weighted by Crippen LogP contribution is -2.46. The molecule has 0 saturated carbocycles. The van der Waals surface area contributed by atoms with E-state index in [2.05, 4.69) is 15.3 Å². The van der Waals surface area contributed by atoms with Crippen LogP contribution in [-0.2, 0) is 14.6 Å². The molecule has 9 heteroatoms. The van der Waals surface area contributed by atoms with Gasteiger partial charge in [0.15, 0.2) is 9.84 Å². The van der Waals surface area contributed by atoms with Crippen LogP contribution in [0, 0.1) is 0 Å². The number of sulfone groups is 1. The van der Waals surface area contributed by atoms with E-state index in [1.54, 1.807) is 41.6 Å². The maximum atomic E-state index is 13.1. The van der Waals surface area contributed by atoms with Gasteiger partial charge in [-0.1, -0.05) is 30.3 Å². The van der Waals surface area contributed by atoms with Crippen LogP contribution in [0.3, 0.4) is 0 Å². The molecule has 1 N–H and O–H groups in total. The molecule has 3 aromatic rings. The highest BCUT2D eigenvalue weighted by atomic mass is 32.2. The molecule has 150 valence electrons. The van der Waals surface area contributed by atoms with E-state index in [-0.39, 0.29) is 17.4 Å². The number of benzene rings is 1. The Morgan fingerprint density at radius 3 is 2.45 bits per heavy atom. The molecule has 0 radical (unpaired) electrons. The SMILES string of the molecule is O=C(Nc1ccc(-n2ccnc2)nc1)C(c1ccccc1)N1CCS(=O)(=O)CC1. The van der Waals surface area contributed by atoms with Gasteiger partial charge in [-0.15, -0.1) is 0 Å². The lowest BCUT2D eigenvalue weighted by atomic mass is 10.0. The van der Waals surface area contributed by atoms with E-state index in [0.717, 1.165) is 5.56 Å². The first-order chi connectivity index (χ1) is 14.0. The molecule has 4 rings (SSSR count). The summed E-state index contributed by atoms with van der Waals surface area (Å²) in [6.07, 6.45) is 6.70. The Bertz CT molecular complexity index is 1050. The fraction of sp³-hybridized carbons (Fsp3) is 0.250. The molecule has 1 amide bonds. The zero-order chi connectivity index (χ0) is 20.3. The summed E-state index contributed by atoms with van der Waals surface area (Å²) in [5.41, 5.74) is 1.40. The van der Waals surface area contributed by atoms with Gasteiger partial charge >= 0.3 is 0 Å². The van der Waals surface area contributed by atoms with Crippen LogP contribution in [0.2, 0.25) is 0 Å². The lowest BCUT2D eigenvalue weighted by Gasteiger charge is -2.33. The van der Waals surface area contributed by atoms with Crippen LogP contribution in [0.5, 0.6) is 0 Å². The highest BCUT2D eigenvalue weighted by molar-refractivity contribution is 7.91. The molecule has 3 heterocycles. The molecule has 8 nitrogen and oxygen atoms in total. The van der Waals surface area contributed by atoms with Gasteiger partial charge in [0.1, 0.15) is 18.2 Å². The van der Waals surface area contributed by atoms with Crippen LogP contribution in [0.15, 0.2) is 67.4 Å². The summed E-state index contributed by atoms with van der Waals surface area (Å²) >= 11 is 0. The van der Waals surface area contributed by atoms with E-state index in [1.807, 2.05) is 35.2 Å². The fourth-order valence-corrected chi connectivity index (χ4v) is 4.60. The molecule has 1 aliphatic rings. The Hall–Kier alpha value is -3.04. The summed E-state index contributed by atoms with van der Waals surface area (Å²) in [6.45, 7) is 0.653. The topological polar surface area (TPSA) is 97.2 Å². The maximum absolute atomic E-state index is 13.1. The highest BCUT2D eigenvalue weighted by Crippen LogP contribution is 2.25. The Morgan fingerprint density at radius 1 is 1.07 bits per heavy atom. The molecule has 1 atom stereocenters. The lowest BCUT2D eigenvalue weighted by molar-refractivity contribution is -0.121. The average Bonchev–Trinajstić information content (AvgIpc) is 3.26. The van der Waals surface area contributed by atoms with Gasteiger partial charge < -0.3 is 5.32 Å². The monoisotopic (exact) mass is 411 g/mol. The van der Waals surface area contributed by atoms with Crippen molar-refractivity contribution in [3.05, 3.63) is 72.9 Å². The first-order valence-electron chi connectivity index (χ1n) is 9.26. The molecular weight excluding hydrogens is 390 g/mol. The summed E-state index contributed by atoms with van der Waals surface area (Å²) in [7, 11) is -3.03. The molecule has 1 saturated heterocycles. The largest absolute Gasteiger partial charge is 0.323 e. The minimum atomic E-state index is -3.03. The molecule has 1 unspecified atom stereocenters. The van der Waals surface area contributed by atoms with Crippen molar-refractivity contribution >= 4 is 21.4 Å². The van der Waals surface area contributed by atoms with Gasteiger partial charge in [-0.05, 0) is 17.7 Å². The third-order valence-corrected chi connectivity index (χ3v) is 6.50. The van der Waals surface area contributed by atoms with Gasteiger partial charge in [-0.3, -0.25) is 14.3 Å². The number of aromatic nitrogens is 3. The number of hydrogen-bond donors (Lipinski definition) is 1. The van der Waals surface area contributed by atoms with E-state index < -0.39 is 15.9 Å². The van der Waals surface area contributed by atoms with Gasteiger partial charge in [0, 0.05) is 25.5 Å². The minimum absolute atomic E-state index is 0.0603. The molecular formula is C20H21N5O3S. The molecule has 1 aromatic carbocycles. The quantitative estimate of drug-likeness (QED) is 0.686. The second-order valence-corrected chi connectivity index (χ2v) is 9.17. The van der Waals surface area contributed by atoms with Crippen LogP contribution in [0.1, 0.15) is 11.6 Å². The number of nitrogens with zero attached hydrogens (tertiary/aromatic N) is 4. The Labute approximate surface area is 169 Å². The summed E-state index contributed by atoms with van der Waals surface area (Å²) in [5.74, 6) is 0.601. The van der Waals surface area contributed by atoms with Crippen molar-refractivity contribution in [2.45, 2.75) is 6.04 Å². The molecule has 1 fully saturated rings. The van der Waals surface area contributed by atoms with E-state index in [4.69, 9.17) is 0 Å². The standard InChI is InChI=1S/C20H21N5O3S/c26-20(23-17-6-7-18(22-14-17)25-9-8-21-15-25)19(16-4-2-1-3-5-16)24-10-12-29(27,28)13-11-24/h1-9,14-15,19H,10-13H2,(H,23,26). The van der Waals surface area contributed by atoms with Crippen molar-refractivity contribution in [2.75, 3.05) is 29.9 Å². The molecule has 1 aliphatic heterocycles. The fourth-order valence-electron chi connectivity index (χ4n) is 3.37. The number of nitrogens with one attached hydrogen (secondary N) is 1. The van der Waals surface area contributed by atoms with Gasteiger partial charge in [-0.2, -0.15) is 0 Å². The molecule has 0 aliphatic carbocycles. The molecule has 0 spiro atoms. The van der Waals surface area contributed by atoms with Crippen molar-refractivity contribution in [1.29, 1.82) is 0 Å². The van der Waals surface area contributed by atoms with E-state index in [0.29, 0.717) is 24.6 Å². The van der Waals surface area contributed by atoms with Gasteiger partial charge in [0.2, 0.25) is 5.91 Å². The average molecular weight is 411 g/mol. The van der Waals surface area contributed by atoms with Crippen molar-refractivity contribution in [3.63, 3.8) is 0 Å². The Morgan fingerprint density at radius 2 is 1.83 bits per heavy atom. The van der Waals surface area contributed by atoms with Crippen LogP contribution < -0.4 is 5.32 Å². The molecule has 2 aromatic heterocycles. The summed E-state index contributed by atoms with van der Waals surface area (Å²) in [6, 6.07) is 12.4. The first kappa shape index (κ1) is 19.3. The van der Waals surface area contributed by atoms with Crippen LogP contribution in [-0.4, -0.2) is 58.4 Å². The van der Waals surface area contributed by atoms with E-state index >= 15 is 0 Å². The van der Waals surface area contributed by atoms with E-state index in [1.165, 1.54) is 0 Å². The minimum Gasteiger partial charge on any atom is -0.323 e. The number of carbonyl (C=O) groups excluding carboxylic acids is 1. The van der Waals surface area contributed by atoms with Crippen LogP contribution >= 0.6 is 0 Å². The molecule has 0 bridgehead atoms. The second-order valence-electron chi connectivity index (χ2n) is 6.87. The maximum Gasteiger partial charge on any atom is 0.246 e.